The van der Waals surface area contributed by atoms with Crippen LogP contribution in [0.25, 0.3) is 22.5 Å². The molecule has 2 aromatic heterocycles. The second kappa shape index (κ2) is 11.7. The van der Waals surface area contributed by atoms with Gasteiger partial charge in [-0.05, 0) is 55.2 Å². The van der Waals surface area contributed by atoms with Gasteiger partial charge in [0.2, 0.25) is 11.9 Å². The molecule has 37 heavy (non-hydrogen) atoms. The van der Waals surface area contributed by atoms with Gasteiger partial charge in [0.15, 0.2) is 0 Å². The number of rotatable bonds is 9. The van der Waals surface area contributed by atoms with Crippen molar-refractivity contribution in [3.63, 3.8) is 0 Å². The molecule has 1 N–H and O–H groups in total. The second-order valence-corrected chi connectivity index (χ2v) is 9.18. The van der Waals surface area contributed by atoms with Gasteiger partial charge in [0.1, 0.15) is 5.75 Å². The average molecular weight is 496 g/mol. The first-order chi connectivity index (χ1) is 18.2. The lowest BCUT2D eigenvalue weighted by molar-refractivity contribution is -0.131. The number of hydrogen-bond donors (Lipinski definition) is 1. The second-order valence-electron chi connectivity index (χ2n) is 9.18. The number of hydrogen-bond acceptors (Lipinski definition) is 5. The lowest BCUT2D eigenvalue weighted by Crippen LogP contribution is -2.49. The minimum absolute atomic E-state index is 0.218. The van der Waals surface area contributed by atoms with Crippen LogP contribution in [0.15, 0.2) is 79.1 Å². The van der Waals surface area contributed by atoms with E-state index in [1.807, 2.05) is 36.1 Å². The van der Waals surface area contributed by atoms with Crippen molar-refractivity contribution in [1.29, 1.82) is 0 Å². The van der Waals surface area contributed by atoms with Crippen LogP contribution in [-0.2, 0) is 11.2 Å². The molecule has 1 saturated heterocycles. The number of piperazine rings is 1. The summed E-state index contributed by atoms with van der Waals surface area (Å²) in [6.45, 7) is 5.56. The Morgan fingerprint density at radius 1 is 0.919 bits per heavy atom. The van der Waals surface area contributed by atoms with Crippen LogP contribution >= 0.6 is 0 Å². The minimum atomic E-state index is 0.218. The zero-order valence-electron chi connectivity index (χ0n) is 21.3. The Balaban J connectivity index is 1.24. The van der Waals surface area contributed by atoms with Crippen molar-refractivity contribution in [2.24, 2.45) is 0 Å². The van der Waals surface area contributed by atoms with Crippen LogP contribution in [0.1, 0.15) is 25.3 Å². The summed E-state index contributed by atoms with van der Waals surface area (Å²) in [7, 11) is 0. The van der Waals surface area contributed by atoms with Crippen LogP contribution < -0.4 is 9.64 Å². The van der Waals surface area contributed by atoms with Gasteiger partial charge in [0, 0.05) is 61.9 Å². The van der Waals surface area contributed by atoms with Gasteiger partial charge in [0.05, 0.1) is 6.61 Å². The molecule has 3 heterocycles. The summed E-state index contributed by atoms with van der Waals surface area (Å²) in [5.41, 5.74) is 5.63. The molecule has 7 heteroatoms. The van der Waals surface area contributed by atoms with Crippen molar-refractivity contribution in [1.82, 2.24) is 19.9 Å². The highest BCUT2D eigenvalue weighted by Gasteiger charge is 2.22. The molecule has 1 fully saturated rings. The number of nitrogens with one attached hydrogen (secondary N) is 1. The molecule has 0 spiro atoms. The first kappa shape index (κ1) is 24.6. The van der Waals surface area contributed by atoms with Crippen molar-refractivity contribution in [2.75, 3.05) is 37.7 Å². The van der Waals surface area contributed by atoms with Crippen LogP contribution in [0.5, 0.6) is 5.75 Å². The van der Waals surface area contributed by atoms with E-state index < -0.39 is 0 Å². The minimum Gasteiger partial charge on any atom is -0.494 e. The van der Waals surface area contributed by atoms with Crippen LogP contribution in [-0.4, -0.2) is 58.5 Å². The topological polar surface area (TPSA) is 74.3 Å². The standard InChI is InChI=1S/C30H33N5O2/c1-2-37-26-13-6-11-24(21-26)27-22-25(29(33-27)23-9-4-3-5-10-23)12-7-14-28(36)34-17-19-35(20-18-34)30-31-15-8-16-32-30/h3-6,8-11,13,15-16,21-22,33H,2,7,12,14,17-20H2,1H3. The number of aromatic amines is 1. The number of ether oxygens (including phenoxy) is 1. The number of H-pyrrole nitrogens is 1. The van der Waals surface area contributed by atoms with E-state index in [-0.39, 0.29) is 5.91 Å². The number of anilines is 1. The van der Waals surface area contributed by atoms with Crippen LogP contribution in [0.2, 0.25) is 0 Å². The average Bonchev–Trinajstić information content (AvgIpc) is 3.39. The van der Waals surface area contributed by atoms with Gasteiger partial charge in [-0.1, -0.05) is 42.5 Å². The normalized spacial score (nSPS) is 13.5. The van der Waals surface area contributed by atoms with E-state index in [0.717, 1.165) is 60.1 Å². The lowest BCUT2D eigenvalue weighted by Gasteiger charge is -2.34. The van der Waals surface area contributed by atoms with E-state index in [1.54, 1.807) is 12.4 Å². The number of carbonyl (C=O) groups excluding carboxylic acids is 1. The van der Waals surface area contributed by atoms with E-state index >= 15 is 0 Å². The van der Waals surface area contributed by atoms with Gasteiger partial charge >= 0.3 is 0 Å². The Morgan fingerprint density at radius 2 is 1.68 bits per heavy atom. The van der Waals surface area contributed by atoms with Gasteiger partial charge in [0.25, 0.3) is 0 Å². The van der Waals surface area contributed by atoms with Gasteiger partial charge < -0.3 is 19.5 Å². The third-order valence-electron chi connectivity index (χ3n) is 6.72. The monoisotopic (exact) mass is 495 g/mol. The molecule has 0 unspecified atom stereocenters. The maximum atomic E-state index is 13.0. The largest absolute Gasteiger partial charge is 0.494 e. The number of aryl methyl sites for hydroxylation is 1. The summed E-state index contributed by atoms with van der Waals surface area (Å²) in [6, 6.07) is 22.6. The van der Waals surface area contributed by atoms with E-state index in [2.05, 4.69) is 62.3 Å². The van der Waals surface area contributed by atoms with Crippen molar-refractivity contribution in [2.45, 2.75) is 26.2 Å². The van der Waals surface area contributed by atoms with E-state index in [1.165, 1.54) is 5.56 Å². The van der Waals surface area contributed by atoms with E-state index in [9.17, 15) is 4.79 Å². The van der Waals surface area contributed by atoms with Gasteiger partial charge in [-0.3, -0.25) is 4.79 Å². The molecule has 1 aliphatic rings. The fourth-order valence-electron chi connectivity index (χ4n) is 4.83. The summed E-state index contributed by atoms with van der Waals surface area (Å²) in [6.07, 6.45) is 5.68. The van der Waals surface area contributed by atoms with Crippen LogP contribution in [0.3, 0.4) is 0 Å². The smallest absolute Gasteiger partial charge is 0.225 e. The molecule has 0 atom stereocenters. The highest BCUT2D eigenvalue weighted by atomic mass is 16.5. The molecular weight excluding hydrogens is 462 g/mol. The summed E-state index contributed by atoms with van der Waals surface area (Å²) in [5, 5.41) is 0. The highest BCUT2D eigenvalue weighted by Crippen LogP contribution is 2.31. The summed E-state index contributed by atoms with van der Waals surface area (Å²) in [5.74, 6) is 1.81. The molecular formula is C30H33N5O2. The Hall–Kier alpha value is -4.13. The SMILES string of the molecule is CCOc1cccc(-c2cc(CCCC(=O)N3CCN(c4ncccn4)CC3)c(-c3ccccc3)[nH]2)c1. The van der Waals surface area contributed by atoms with Crippen LogP contribution in [0, 0.1) is 0 Å². The van der Waals surface area contributed by atoms with E-state index in [4.69, 9.17) is 4.74 Å². The lowest BCUT2D eigenvalue weighted by atomic mass is 10.0. The molecule has 1 aliphatic heterocycles. The predicted octanol–water partition coefficient (Wildman–Crippen LogP) is 5.21. The summed E-state index contributed by atoms with van der Waals surface area (Å²) >= 11 is 0. The first-order valence-electron chi connectivity index (χ1n) is 13.0. The zero-order chi connectivity index (χ0) is 25.5. The summed E-state index contributed by atoms with van der Waals surface area (Å²) in [4.78, 5) is 29.4. The molecule has 0 aliphatic carbocycles. The maximum Gasteiger partial charge on any atom is 0.225 e. The van der Waals surface area contributed by atoms with Crippen molar-refractivity contribution >= 4 is 11.9 Å². The molecule has 4 aromatic rings. The van der Waals surface area contributed by atoms with Crippen LogP contribution in [0.4, 0.5) is 5.95 Å². The molecule has 5 rings (SSSR count). The molecule has 0 radical (unpaired) electrons. The first-order valence-corrected chi connectivity index (χ1v) is 13.0. The van der Waals surface area contributed by atoms with Crippen molar-refractivity contribution in [3.05, 3.63) is 84.7 Å². The molecule has 2 aromatic carbocycles. The molecule has 190 valence electrons. The van der Waals surface area contributed by atoms with Gasteiger partial charge in [-0.15, -0.1) is 0 Å². The van der Waals surface area contributed by atoms with Gasteiger partial charge in [-0.25, -0.2) is 9.97 Å². The number of nitrogens with zero attached hydrogens (tertiary/aromatic N) is 4. The quantitative estimate of drug-likeness (QED) is 0.345. The third kappa shape index (κ3) is 6.00. The predicted molar refractivity (Wildman–Crippen MR) is 147 cm³/mol. The highest BCUT2D eigenvalue weighted by molar-refractivity contribution is 5.77. The third-order valence-corrected chi connectivity index (χ3v) is 6.72. The van der Waals surface area contributed by atoms with E-state index in [0.29, 0.717) is 26.1 Å². The number of aromatic nitrogens is 3. The summed E-state index contributed by atoms with van der Waals surface area (Å²) < 4.78 is 5.70. The number of amides is 1. The Bertz CT molecular complexity index is 1300. The number of carbonyl (C=O) groups is 1. The number of benzene rings is 2. The van der Waals surface area contributed by atoms with Gasteiger partial charge in [-0.2, -0.15) is 0 Å². The molecule has 1 amide bonds. The fraction of sp³-hybridized carbons (Fsp3) is 0.300. The Morgan fingerprint density at radius 3 is 2.43 bits per heavy atom. The molecule has 0 bridgehead atoms. The molecule has 0 saturated carbocycles. The Kier molecular flexibility index (Phi) is 7.79. The fourth-order valence-corrected chi connectivity index (χ4v) is 4.83. The van der Waals surface area contributed by atoms with Crippen molar-refractivity contribution in [3.8, 4) is 28.3 Å². The molecule has 7 nitrogen and oxygen atoms in total. The zero-order valence-corrected chi connectivity index (χ0v) is 21.3. The maximum absolute atomic E-state index is 13.0. The Labute approximate surface area is 218 Å². The van der Waals surface area contributed by atoms with Crippen molar-refractivity contribution < 1.29 is 9.53 Å².